The Balaban J connectivity index is 1.62. The van der Waals surface area contributed by atoms with E-state index in [1.54, 1.807) is 0 Å². The van der Waals surface area contributed by atoms with Crippen LogP contribution in [0.2, 0.25) is 0 Å². The zero-order chi connectivity index (χ0) is 14.7. The average molecular weight is 304 g/mol. The number of benzene rings is 1. The van der Waals surface area contributed by atoms with Crippen molar-refractivity contribution in [3.63, 3.8) is 0 Å². The normalized spacial score (nSPS) is 15.3. The van der Waals surface area contributed by atoms with E-state index in [0.29, 0.717) is 17.7 Å². The van der Waals surface area contributed by atoms with Gasteiger partial charge in [0.15, 0.2) is 5.13 Å². The van der Waals surface area contributed by atoms with Crippen LogP contribution in [0.5, 0.6) is 0 Å². The molecule has 0 spiro atoms. The Hall–Kier alpha value is -1.50. The van der Waals surface area contributed by atoms with Crippen LogP contribution < -0.4 is 10.6 Å². The summed E-state index contributed by atoms with van der Waals surface area (Å²) in [7, 11) is 0. The Morgan fingerprint density at radius 3 is 2.95 bits per heavy atom. The van der Waals surface area contributed by atoms with Gasteiger partial charge in [-0.2, -0.15) is 0 Å². The van der Waals surface area contributed by atoms with Gasteiger partial charge in [-0.05, 0) is 25.1 Å². The third-order valence-corrected chi connectivity index (χ3v) is 4.63. The van der Waals surface area contributed by atoms with Crippen molar-refractivity contribution in [1.82, 2.24) is 15.2 Å². The summed E-state index contributed by atoms with van der Waals surface area (Å²) in [6.45, 7) is 5.50. The number of aromatic nitrogens is 1. The van der Waals surface area contributed by atoms with Crippen LogP contribution in [0.3, 0.4) is 0 Å². The van der Waals surface area contributed by atoms with Crippen molar-refractivity contribution in [1.29, 1.82) is 0 Å². The Labute approximate surface area is 128 Å². The highest BCUT2D eigenvalue weighted by molar-refractivity contribution is 7.22. The molecule has 1 aromatic carbocycles. The van der Waals surface area contributed by atoms with Crippen molar-refractivity contribution in [2.75, 3.05) is 31.5 Å². The SMILES string of the molecule is CCCN(CC(=O)Nc1nc2ccccc2s1)C1CNC1. The summed E-state index contributed by atoms with van der Waals surface area (Å²) in [5.74, 6) is 0.0226. The number of thiazole rings is 1. The molecule has 5 nitrogen and oxygen atoms in total. The van der Waals surface area contributed by atoms with Crippen LogP contribution in [0.15, 0.2) is 24.3 Å². The molecule has 1 saturated heterocycles. The van der Waals surface area contributed by atoms with Crippen LogP contribution in [0.1, 0.15) is 13.3 Å². The molecule has 0 aliphatic carbocycles. The van der Waals surface area contributed by atoms with E-state index in [9.17, 15) is 4.79 Å². The van der Waals surface area contributed by atoms with E-state index in [2.05, 4.69) is 27.4 Å². The minimum absolute atomic E-state index is 0.0226. The zero-order valence-electron chi connectivity index (χ0n) is 12.1. The summed E-state index contributed by atoms with van der Waals surface area (Å²) >= 11 is 1.52. The van der Waals surface area contributed by atoms with Crippen molar-refractivity contribution in [3.05, 3.63) is 24.3 Å². The second-order valence-corrected chi connectivity index (χ2v) is 6.35. The second-order valence-electron chi connectivity index (χ2n) is 5.32. The number of para-hydroxylation sites is 1. The fourth-order valence-corrected chi connectivity index (χ4v) is 3.36. The Morgan fingerprint density at radius 2 is 2.29 bits per heavy atom. The first-order valence-electron chi connectivity index (χ1n) is 7.36. The molecule has 0 radical (unpaired) electrons. The number of amides is 1. The molecule has 0 bridgehead atoms. The van der Waals surface area contributed by atoms with Crippen molar-refractivity contribution in [3.8, 4) is 0 Å². The van der Waals surface area contributed by atoms with Gasteiger partial charge < -0.3 is 10.6 Å². The summed E-state index contributed by atoms with van der Waals surface area (Å²) in [6.07, 6.45) is 1.06. The number of anilines is 1. The molecule has 3 rings (SSSR count). The Kier molecular flexibility index (Phi) is 4.48. The van der Waals surface area contributed by atoms with E-state index in [4.69, 9.17) is 0 Å². The van der Waals surface area contributed by atoms with Crippen molar-refractivity contribution < 1.29 is 4.79 Å². The number of rotatable bonds is 6. The molecule has 2 aromatic rings. The highest BCUT2D eigenvalue weighted by Crippen LogP contribution is 2.25. The van der Waals surface area contributed by atoms with Gasteiger partial charge in [0.25, 0.3) is 0 Å². The van der Waals surface area contributed by atoms with Crippen molar-refractivity contribution in [2.24, 2.45) is 0 Å². The maximum Gasteiger partial charge on any atom is 0.240 e. The summed E-state index contributed by atoms with van der Waals surface area (Å²) in [6, 6.07) is 8.42. The molecule has 1 amide bonds. The summed E-state index contributed by atoms with van der Waals surface area (Å²) in [5.41, 5.74) is 0.936. The first-order valence-corrected chi connectivity index (χ1v) is 8.18. The minimum atomic E-state index is 0.0226. The van der Waals surface area contributed by atoms with Gasteiger partial charge in [-0.15, -0.1) is 0 Å². The van der Waals surface area contributed by atoms with E-state index < -0.39 is 0 Å². The van der Waals surface area contributed by atoms with Gasteiger partial charge in [-0.25, -0.2) is 4.98 Å². The third-order valence-electron chi connectivity index (χ3n) is 3.67. The van der Waals surface area contributed by atoms with Crippen LogP contribution in [-0.2, 0) is 4.79 Å². The smallest absolute Gasteiger partial charge is 0.240 e. The number of hydrogen-bond acceptors (Lipinski definition) is 5. The lowest BCUT2D eigenvalue weighted by atomic mass is 10.1. The van der Waals surface area contributed by atoms with E-state index in [1.165, 1.54) is 11.3 Å². The fourth-order valence-electron chi connectivity index (χ4n) is 2.48. The number of hydrogen-bond donors (Lipinski definition) is 2. The molecular weight excluding hydrogens is 284 g/mol. The molecular formula is C15H20N4OS. The maximum atomic E-state index is 12.2. The number of nitrogens with one attached hydrogen (secondary N) is 2. The van der Waals surface area contributed by atoms with E-state index in [-0.39, 0.29) is 5.91 Å². The largest absolute Gasteiger partial charge is 0.314 e. The molecule has 21 heavy (non-hydrogen) atoms. The molecule has 0 atom stereocenters. The van der Waals surface area contributed by atoms with Gasteiger partial charge in [0.2, 0.25) is 5.91 Å². The molecule has 0 unspecified atom stereocenters. The maximum absolute atomic E-state index is 12.2. The number of fused-ring (bicyclic) bond motifs is 1. The van der Waals surface area contributed by atoms with E-state index in [1.807, 2.05) is 24.3 Å². The van der Waals surface area contributed by atoms with Gasteiger partial charge in [0, 0.05) is 19.1 Å². The summed E-state index contributed by atoms with van der Waals surface area (Å²) < 4.78 is 1.10. The molecule has 112 valence electrons. The molecule has 1 aromatic heterocycles. The highest BCUT2D eigenvalue weighted by Gasteiger charge is 2.25. The van der Waals surface area contributed by atoms with Crippen LogP contribution in [0.25, 0.3) is 10.2 Å². The van der Waals surface area contributed by atoms with Crippen LogP contribution in [0.4, 0.5) is 5.13 Å². The lowest BCUT2D eigenvalue weighted by Crippen LogP contribution is -2.58. The molecule has 1 aliphatic heterocycles. The van der Waals surface area contributed by atoms with Gasteiger partial charge in [0.1, 0.15) is 0 Å². The monoisotopic (exact) mass is 304 g/mol. The Morgan fingerprint density at radius 1 is 1.48 bits per heavy atom. The van der Waals surface area contributed by atoms with Crippen molar-refractivity contribution >= 4 is 32.6 Å². The fraction of sp³-hybridized carbons (Fsp3) is 0.467. The molecule has 1 fully saturated rings. The molecule has 2 heterocycles. The predicted octanol–water partition coefficient (Wildman–Crippen LogP) is 1.92. The van der Waals surface area contributed by atoms with Gasteiger partial charge in [-0.1, -0.05) is 30.4 Å². The quantitative estimate of drug-likeness (QED) is 0.856. The van der Waals surface area contributed by atoms with Crippen LogP contribution in [-0.4, -0.2) is 48.0 Å². The third kappa shape index (κ3) is 3.40. The van der Waals surface area contributed by atoms with Gasteiger partial charge in [0.05, 0.1) is 16.8 Å². The summed E-state index contributed by atoms with van der Waals surface area (Å²) in [4.78, 5) is 18.9. The lowest BCUT2D eigenvalue weighted by molar-refractivity contribution is -0.118. The van der Waals surface area contributed by atoms with Crippen molar-refractivity contribution in [2.45, 2.75) is 19.4 Å². The van der Waals surface area contributed by atoms with E-state index in [0.717, 1.165) is 36.3 Å². The lowest BCUT2D eigenvalue weighted by Gasteiger charge is -2.37. The summed E-state index contributed by atoms with van der Waals surface area (Å²) in [5, 5.41) is 6.87. The second kappa shape index (κ2) is 6.51. The zero-order valence-corrected chi connectivity index (χ0v) is 12.9. The topological polar surface area (TPSA) is 57.3 Å². The number of nitrogens with zero attached hydrogens (tertiary/aromatic N) is 2. The number of carbonyl (C=O) groups excluding carboxylic acids is 1. The molecule has 6 heteroatoms. The van der Waals surface area contributed by atoms with Gasteiger partial charge in [-0.3, -0.25) is 9.69 Å². The van der Waals surface area contributed by atoms with Crippen LogP contribution in [0, 0.1) is 0 Å². The first kappa shape index (κ1) is 14.4. The number of carbonyl (C=O) groups is 1. The highest BCUT2D eigenvalue weighted by atomic mass is 32.1. The molecule has 2 N–H and O–H groups in total. The minimum Gasteiger partial charge on any atom is -0.314 e. The standard InChI is InChI=1S/C15H20N4OS/c1-2-7-19(11-8-16-9-11)10-14(20)18-15-17-12-5-3-4-6-13(12)21-15/h3-6,11,16H,2,7-10H2,1H3,(H,17,18,20). The van der Waals surface area contributed by atoms with Crippen LogP contribution >= 0.6 is 11.3 Å². The first-order chi connectivity index (χ1) is 10.3. The predicted molar refractivity (Wildman–Crippen MR) is 86.8 cm³/mol. The average Bonchev–Trinajstić information content (AvgIpc) is 2.78. The molecule has 1 aliphatic rings. The van der Waals surface area contributed by atoms with Gasteiger partial charge >= 0.3 is 0 Å². The van der Waals surface area contributed by atoms with E-state index >= 15 is 0 Å². The molecule has 0 saturated carbocycles. The Bertz CT molecular complexity index is 590.